The first-order valence-corrected chi connectivity index (χ1v) is 21.3. The van der Waals surface area contributed by atoms with Crippen molar-refractivity contribution in [2.45, 2.75) is 224 Å². The minimum Gasteiger partial charge on any atom is -0.480 e. The third-order valence-corrected chi connectivity index (χ3v) is 10.3. The molecule has 9 N–H and O–H groups in total. The molecule has 0 aliphatic heterocycles. The number of hydrogen-bond acceptors (Lipinski definition) is 10. The number of carboxylic acids is 2. The molecule has 0 radical (unpaired) electrons. The zero-order valence-electron chi connectivity index (χ0n) is 34.1. The lowest BCUT2D eigenvalue weighted by molar-refractivity contribution is -0.151. The van der Waals surface area contributed by atoms with Gasteiger partial charge in [0.15, 0.2) is 16.9 Å². The minimum atomic E-state index is -2.16. The lowest BCUT2D eigenvalue weighted by atomic mass is 9.90. The summed E-state index contributed by atoms with van der Waals surface area (Å²) in [6, 6.07) is 0. The number of Topliss-reactive ketones (excluding diaryl/α,β-unsaturated/α-hetero) is 3. The van der Waals surface area contributed by atoms with Crippen LogP contribution < -0.4 is 11.5 Å². The van der Waals surface area contributed by atoms with Gasteiger partial charge in [-0.3, -0.25) is 19.2 Å². The van der Waals surface area contributed by atoms with Crippen LogP contribution in [-0.4, -0.2) is 85.2 Å². The second-order valence-corrected chi connectivity index (χ2v) is 15.3. The van der Waals surface area contributed by atoms with E-state index in [0.29, 0.717) is 30.8 Å². The Hall–Kier alpha value is -2.25. The molecule has 0 amide bonds. The van der Waals surface area contributed by atoms with Gasteiger partial charge < -0.3 is 37.0 Å². The largest absolute Gasteiger partial charge is 0.480 e. The van der Waals surface area contributed by atoms with Gasteiger partial charge in [-0.15, -0.1) is 0 Å². The van der Waals surface area contributed by atoms with Crippen molar-refractivity contribution in [2.24, 2.45) is 11.5 Å². The number of aliphatic hydroxyl groups excluding tert-OH is 3. The van der Waals surface area contributed by atoms with E-state index in [1.165, 1.54) is 32.1 Å². The summed E-state index contributed by atoms with van der Waals surface area (Å²) >= 11 is 0. The van der Waals surface area contributed by atoms with Crippen LogP contribution in [-0.2, 0) is 24.0 Å². The molecule has 0 aromatic heterocycles. The maximum atomic E-state index is 11.8. The van der Waals surface area contributed by atoms with Gasteiger partial charge in [-0.1, -0.05) is 136 Å². The normalized spacial score (nSPS) is 14.0. The fourth-order valence-electron chi connectivity index (χ4n) is 6.21. The first kappa shape index (κ1) is 53.9. The van der Waals surface area contributed by atoms with Gasteiger partial charge in [-0.25, -0.2) is 4.79 Å². The number of nitrogens with two attached hydrogens (primary N) is 2. The van der Waals surface area contributed by atoms with Crippen molar-refractivity contribution in [3.63, 3.8) is 0 Å². The van der Waals surface area contributed by atoms with Crippen LogP contribution in [0.3, 0.4) is 0 Å². The number of ketones is 3. The number of carbonyl (C=O) groups is 5. The molecule has 12 nitrogen and oxygen atoms in total. The summed E-state index contributed by atoms with van der Waals surface area (Å²) in [6.45, 7) is 2.70. The Balaban J connectivity index is 0. The number of aliphatic carboxylic acids is 2. The molecule has 318 valence electrons. The molecule has 0 saturated carbocycles. The van der Waals surface area contributed by atoms with Crippen molar-refractivity contribution in [3.8, 4) is 0 Å². The van der Waals surface area contributed by atoms with Gasteiger partial charge >= 0.3 is 11.9 Å². The Morgan fingerprint density at radius 2 is 0.778 bits per heavy atom. The third-order valence-electron chi connectivity index (χ3n) is 10.3. The molecule has 0 rings (SSSR count). The zero-order valence-corrected chi connectivity index (χ0v) is 34.1. The van der Waals surface area contributed by atoms with Crippen LogP contribution in [0.1, 0.15) is 206 Å². The summed E-state index contributed by atoms with van der Waals surface area (Å²) in [5.41, 5.74) is 6.84. The smallest absolute Gasteiger partial charge is 0.333 e. The molecule has 0 aromatic rings. The molecule has 0 aliphatic rings. The molecular formula is C42H80N2O10. The molecule has 0 aliphatic carbocycles. The topological polar surface area (TPSA) is 239 Å². The summed E-state index contributed by atoms with van der Waals surface area (Å²) < 4.78 is 0. The van der Waals surface area contributed by atoms with Crippen LogP contribution in [0.25, 0.3) is 0 Å². The van der Waals surface area contributed by atoms with E-state index in [0.717, 1.165) is 128 Å². The Bertz CT molecular complexity index is 994. The van der Waals surface area contributed by atoms with Gasteiger partial charge in [0, 0.05) is 32.1 Å². The summed E-state index contributed by atoms with van der Waals surface area (Å²) in [4.78, 5) is 57.2. The molecule has 0 spiro atoms. The van der Waals surface area contributed by atoms with Gasteiger partial charge in [-0.2, -0.15) is 0 Å². The van der Waals surface area contributed by atoms with Crippen molar-refractivity contribution in [1.29, 1.82) is 0 Å². The van der Waals surface area contributed by atoms with Crippen molar-refractivity contribution in [3.05, 3.63) is 0 Å². The highest BCUT2D eigenvalue weighted by Crippen LogP contribution is 2.18. The molecular weight excluding hydrogens is 692 g/mol. The monoisotopic (exact) mass is 773 g/mol. The molecule has 0 heterocycles. The Labute approximate surface area is 326 Å². The number of unbranched alkanes of at least 4 members (excludes halogenated alkanes) is 20. The molecule has 3 atom stereocenters. The highest BCUT2D eigenvalue weighted by atomic mass is 16.4. The van der Waals surface area contributed by atoms with Crippen LogP contribution in [0.2, 0.25) is 0 Å². The van der Waals surface area contributed by atoms with E-state index in [9.17, 15) is 29.1 Å². The quantitative estimate of drug-likeness (QED) is 0.0241. The van der Waals surface area contributed by atoms with Gasteiger partial charge in [0.25, 0.3) is 0 Å². The van der Waals surface area contributed by atoms with E-state index in [1.54, 1.807) is 0 Å². The minimum absolute atomic E-state index is 0.0870. The SMILES string of the molecule is CCCCCCC(=O)CCCCCCCCCCC(=O)C(N)(CO)C(=O)O.CCCCCCC(=O)CCCCCCCCCC[C@@H](O)[C@@](N)(CO)C(=O)O. The number of carbonyl (C=O) groups excluding carboxylic acids is 3. The van der Waals surface area contributed by atoms with E-state index in [2.05, 4.69) is 13.8 Å². The summed E-state index contributed by atoms with van der Waals surface area (Å²) in [7, 11) is 0. The molecule has 1 unspecified atom stereocenters. The van der Waals surface area contributed by atoms with Gasteiger partial charge in [0.05, 0.1) is 19.3 Å². The lowest BCUT2D eigenvalue weighted by Gasteiger charge is -2.27. The van der Waals surface area contributed by atoms with Crippen molar-refractivity contribution >= 4 is 29.3 Å². The van der Waals surface area contributed by atoms with Gasteiger partial charge in [-0.05, 0) is 38.5 Å². The third kappa shape index (κ3) is 27.3. The predicted molar refractivity (Wildman–Crippen MR) is 214 cm³/mol. The first-order valence-electron chi connectivity index (χ1n) is 21.3. The number of carboxylic acid groups (broad SMARTS) is 2. The van der Waals surface area contributed by atoms with Gasteiger partial charge in [0.1, 0.15) is 11.6 Å². The Kier molecular flexibility index (Phi) is 35.1. The Morgan fingerprint density at radius 1 is 0.463 bits per heavy atom. The summed E-state index contributed by atoms with van der Waals surface area (Å²) in [5, 5.41) is 45.9. The average Bonchev–Trinajstić information content (AvgIpc) is 3.15. The molecule has 12 heteroatoms. The molecule has 0 fully saturated rings. The number of hydrogen-bond donors (Lipinski definition) is 7. The van der Waals surface area contributed by atoms with E-state index < -0.39 is 48.1 Å². The van der Waals surface area contributed by atoms with E-state index in [1.807, 2.05) is 0 Å². The zero-order chi connectivity index (χ0) is 41.1. The molecule has 0 saturated heterocycles. The maximum absolute atomic E-state index is 11.8. The molecule has 54 heavy (non-hydrogen) atoms. The van der Waals surface area contributed by atoms with Crippen molar-refractivity contribution in [2.75, 3.05) is 13.2 Å². The number of aliphatic hydroxyl groups is 3. The summed E-state index contributed by atoms with van der Waals surface area (Å²) in [5.74, 6) is -2.66. The first-order chi connectivity index (χ1) is 25.8. The fraction of sp³-hybridized carbons (Fsp3) is 0.881. The van der Waals surface area contributed by atoms with Crippen LogP contribution in [0, 0.1) is 0 Å². The fourth-order valence-corrected chi connectivity index (χ4v) is 6.21. The van der Waals surface area contributed by atoms with Crippen LogP contribution >= 0.6 is 0 Å². The highest BCUT2D eigenvalue weighted by molar-refractivity contribution is 6.07. The van der Waals surface area contributed by atoms with Crippen molar-refractivity contribution < 1.29 is 49.5 Å². The number of rotatable bonds is 38. The standard InChI is InChI=1S/C21H41NO5.C21H39NO5/c2*1-2-3-4-11-14-18(24)15-12-9-7-5-6-8-10-13-16-19(25)21(22,17-23)20(26)27/h19,23,25H,2-17,22H2,1H3,(H,26,27);23H,2-17,22H2,1H3,(H,26,27)/t19-,21+;/m1./s1. The highest BCUT2D eigenvalue weighted by Gasteiger charge is 2.41. The maximum Gasteiger partial charge on any atom is 0.333 e. The second-order valence-electron chi connectivity index (χ2n) is 15.3. The van der Waals surface area contributed by atoms with E-state index in [-0.39, 0.29) is 12.8 Å². The summed E-state index contributed by atoms with van der Waals surface area (Å²) in [6.07, 6.45) is 27.2. The lowest BCUT2D eigenvalue weighted by Crippen LogP contribution is -2.60. The second kappa shape index (κ2) is 35.2. The van der Waals surface area contributed by atoms with Crippen LogP contribution in [0.15, 0.2) is 0 Å². The molecule has 0 aromatic carbocycles. The van der Waals surface area contributed by atoms with E-state index in [4.69, 9.17) is 31.9 Å². The van der Waals surface area contributed by atoms with E-state index >= 15 is 0 Å². The van der Waals surface area contributed by atoms with Crippen LogP contribution in [0.4, 0.5) is 0 Å². The predicted octanol–water partition coefficient (Wildman–Crippen LogP) is 7.33. The molecule has 0 bridgehead atoms. The Morgan fingerprint density at radius 3 is 1.07 bits per heavy atom. The van der Waals surface area contributed by atoms with Crippen molar-refractivity contribution in [1.82, 2.24) is 0 Å². The van der Waals surface area contributed by atoms with Gasteiger partial charge in [0.2, 0.25) is 0 Å². The average molecular weight is 773 g/mol. The van der Waals surface area contributed by atoms with Crippen LogP contribution in [0.5, 0.6) is 0 Å².